The fourth-order valence-electron chi connectivity index (χ4n) is 2.06. The van der Waals surface area contributed by atoms with Crippen LogP contribution in [0.15, 0.2) is 30.3 Å². The Balaban J connectivity index is 2.83. The van der Waals surface area contributed by atoms with Crippen LogP contribution in [-0.2, 0) is 16.0 Å². The van der Waals surface area contributed by atoms with Crippen LogP contribution in [0.1, 0.15) is 25.3 Å². The highest BCUT2D eigenvalue weighted by Gasteiger charge is 2.43. The molecule has 0 saturated heterocycles. The number of nitrogens with one attached hydrogen (secondary N) is 1. The topological polar surface area (TPSA) is 38.3 Å². The smallest absolute Gasteiger partial charge is 0.359 e. The van der Waals surface area contributed by atoms with E-state index in [0.717, 1.165) is 5.56 Å². The summed E-state index contributed by atoms with van der Waals surface area (Å²) in [6, 6.07) is 9.10. The molecule has 0 spiro atoms. The van der Waals surface area contributed by atoms with Gasteiger partial charge in [-0.15, -0.1) is 0 Å². The van der Waals surface area contributed by atoms with E-state index in [2.05, 4.69) is 5.32 Å². The second-order valence-corrected chi connectivity index (χ2v) is 4.66. The predicted molar refractivity (Wildman–Crippen MR) is 69.0 cm³/mol. The third kappa shape index (κ3) is 5.61. The number of benzene rings is 1. The Bertz CT molecular complexity index is 434. The third-order valence-electron chi connectivity index (χ3n) is 2.94. The first-order valence-corrected chi connectivity index (χ1v) is 6.21. The van der Waals surface area contributed by atoms with Gasteiger partial charge in [-0.3, -0.25) is 4.79 Å². The molecule has 1 aromatic carbocycles. The minimum Gasteiger partial charge on any atom is -0.359 e. The zero-order chi connectivity index (χ0) is 15.2. The predicted octanol–water partition coefficient (Wildman–Crippen LogP) is 3.05. The number of alkyl halides is 3. The monoisotopic (exact) mass is 289 g/mol. The molecule has 0 aliphatic carbocycles. The molecule has 0 bridgehead atoms. The number of hydrogen-bond donors (Lipinski definition) is 1. The van der Waals surface area contributed by atoms with Gasteiger partial charge in [-0.25, -0.2) is 0 Å². The van der Waals surface area contributed by atoms with Crippen LogP contribution in [0.5, 0.6) is 0 Å². The standard InChI is InChI=1S/C14H18F3NO2/c1-11(19)18-13(20-2,10-14(15,16)17)9-8-12-6-4-3-5-7-12/h3-7H,8-10H2,1-2H3,(H,18,19). The molecule has 0 heterocycles. The molecule has 0 aliphatic heterocycles. The summed E-state index contributed by atoms with van der Waals surface area (Å²) >= 11 is 0. The number of methoxy groups -OCH3 is 1. The van der Waals surface area contributed by atoms with Gasteiger partial charge in [0.1, 0.15) is 5.72 Å². The molecule has 1 atom stereocenters. The first-order chi connectivity index (χ1) is 9.26. The van der Waals surface area contributed by atoms with E-state index in [1.165, 1.54) is 14.0 Å². The summed E-state index contributed by atoms with van der Waals surface area (Å²) in [5.41, 5.74) is -0.832. The number of aryl methyl sites for hydroxylation is 1. The molecule has 0 aromatic heterocycles. The molecule has 0 fully saturated rings. The van der Waals surface area contributed by atoms with Crippen LogP contribution < -0.4 is 5.32 Å². The van der Waals surface area contributed by atoms with Gasteiger partial charge in [-0.1, -0.05) is 30.3 Å². The average Bonchev–Trinajstić information content (AvgIpc) is 2.35. The maximum absolute atomic E-state index is 12.7. The maximum Gasteiger partial charge on any atom is 0.393 e. The van der Waals surface area contributed by atoms with Crippen molar-refractivity contribution < 1.29 is 22.7 Å². The van der Waals surface area contributed by atoms with Gasteiger partial charge in [-0.2, -0.15) is 13.2 Å². The van der Waals surface area contributed by atoms with Gasteiger partial charge in [0.25, 0.3) is 0 Å². The van der Waals surface area contributed by atoms with E-state index < -0.39 is 24.2 Å². The summed E-state index contributed by atoms with van der Waals surface area (Å²) < 4.78 is 43.0. The van der Waals surface area contributed by atoms with Crippen molar-refractivity contribution >= 4 is 5.91 Å². The van der Waals surface area contributed by atoms with Crippen molar-refractivity contribution in [3.8, 4) is 0 Å². The highest BCUT2D eigenvalue weighted by atomic mass is 19.4. The lowest BCUT2D eigenvalue weighted by Gasteiger charge is -2.34. The number of amides is 1. The molecular formula is C14H18F3NO2. The van der Waals surface area contributed by atoms with Gasteiger partial charge >= 0.3 is 6.18 Å². The van der Waals surface area contributed by atoms with Gasteiger partial charge in [0.15, 0.2) is 0 Å². The Hall–Kier alpha value is -1.56. The van der Waals surface area contributed by atoms with Crippen LogP contribution in [0, 0.1) is 0 Å². The molecule has 20 heavy (non-hydrogen) atoms. The molecule has 1 amide bonds. The molecule has 1 rings (SSSR count). The maximum atomic E-state index is 12.7. The zero-order valence-corrected chi connectivity index (χ0v) is 11.5. The van der Waals surface area contributed by atoms with Gasteiger partial charge in [0, 0.05) is 14.0 Å². The molecule has 1 unspecified atom stereocenters. The van der Waals surface area contributed by atoms with Crippen molar-refractivity contribution in [1.82, 2.24) is 5.32 Å². The number of halogens is 3. The first-order valence-electron chi connectivity index (χ1n) is 6.21. The fraction of sp³-hybridized carbons (Fsp3) is 0.500. The van der Waals surface area contributed by atoms with Gasteiger partial charge in [-0.05, 0) is 18.4 Å². The lowest BCUT2D eigenvalue weighted by molar-refractivity contribution is -0.193. The first kappa shape index (κ1) is 16.5. The van der Waals surface area contributed by atoms with Crippen LogP contribution in [0.3, 0.4) is 0 Å². The van der Waals surface area contributed by atoms with Crippen molar-refractivity contribution in [3.63, 3.8) is 0 Å². The van der Waals surface area contributed by atoms with Crippen molar-refractivity contribution in [1.29, 1.82) is 0 Å². The lowest BCUT2D eigenvalue weighted by atomic mass is 9.98. The van der Waals surface area contributed by atoms with Crippen LogP contribution in [0.2, 0.25) is 0 Å². The fourth-order valence-corrected chi connectivity index (χ4v) is 2.06. The van der Waals surface area contributed by atoms with Gasteiger partial charge in [0.05, 0.1) is 6.42 Å². The van der Waals surface area contributed by atoms with E-state index in [4.69, 9.17) is 4.74 Å². The summed E-state index contributed by atoms with van der Waals surface area (Å²) in [4.78, 5) is 11.2. The number of hydrogen-bond acceptors (Lipinski definition) is 2. The zero-order valence-electron chi connectivity index (χ0n) is 11.5. The van der Waals surface area contributed by atoms with Crippen LogP contribution in [0.4, 0.5) is 13.2 Å². The van der Waals surface area contributed by atoms with Crippen LogP contribution >= 0.6 is 0 Å². The minimum atomic E-state index is -4.42. The quantitative estimate of drug-likeness (QED) is 0.817. The molecule has 3 nitrogen and oxygen atoms in total. The highest BCUT2D eigenvalue weighted by molar-refractivity contribution is 5.73. The lowest BCUT2D eigenvalue weighted by Crippen LogP contribution is -2.52. The molecule has 0 saturated carbocycles. The van der Waals surface area contributed by atoms with E-state index >= 15 is 0 Å². The third-order valence-corrected chi connectivity index (χ3v) is 2.94. The van der Waals surface area contributed by atoms with Crippen LogP contribution in [-0.4, -0.2) is 24.9 Å². The summed E-state index contributed by atoms with van der Waals surface area (Å²) in [6.45, 7) is 1.17. The second kappa shape index (κ2) is 6.74. The van der Waals surface area contributed by atoms with E-state index in [0.29, 0.717) is 6.42 Å². The molecule has 0 radical (unpaired) electrons. The molecule has 112 valence electrons. The van der Waals surface area contributed by atoms with Crippen molar-refractivity contribution in [2.24, 2.45) is 0 Å². The Morgan fingerprint density at radius 2 is 1.85 bits per heavy atom. The SMILES string of the molecule is COC(CCc1ccccc1)(CC(F)(F)F)NC(C)=O. The van der Waals surface area contributed by atoms with E-state index in [-0.39, 0.29) is 6.42 Å². The second-order valence-electron chi connectivity index (χ2n) is 4.66. The Morgan fingerprint density at radius 1 is 1.25 bits per heavy atom. The van der Waals surface area contributed by atoms with Crippen molar-refractivity contribution in [2.75, 3.05) is 7.11 Å². The molecular weight excluding hydrogens is 271 g/mol. The van der Waals surface area contributed by atoms with Crippen molar-refractivity contribution in [2.45, 2.75) is 38.1 Å². The minimum absolute atomic E-state index is 0.0482. The Kier molecular flexibility index (Phi) is 5.56. The molecule has 1 aromatic rings. The Morgan fingerprint density at radius 3 is 2.30 bits per heavy atom. The summed E-state index contributed by atoms with van der Waals surface area (Å²) in [6.07, 6.45) is -5.21. The Labute approximate surface area is 116 Å². The number of carbonyl (C=O) groups is 1. The molecule has 1 N–H and O–H groups in total. The average molecular weight is 289 g/mol. The number of ether oxygens (including phenoxy) is 1. The number of rotatable bonds is 6. The van der Waals surface area contributed by atoms with E-state index in [9.17, 15) is 18.0 Å². The van der Waals surface area contributed by atoms with Gasteiger partial charge < -0.3 is 10.1 Å². The van der Waals surface area contributed by atoms with Crippen molar-refractivity contribution in [3.05, 3.63) is 35.9 Å². The summed E-state index contributed by atoms with van der Waals surface area (Å²) in [5, 5.41) is 2.29. The number of carbonyl (C=O) groups excluding carboxylic acids is 1. The summed E-state index contributed by atoms with van der Waals surface area (Å²) in [7, 11) is 1.17. The van der Waals surface area contributed by atoms with E-state index in [1.54, 1.807) is 0 Å². The molecule has 0 aliphatic rings. The summed E-state index contributed by atoms with van der Waals surface area (Å²) in [5.74, 6) is -0.552. The largest absolute Gasteiger partial charge is 0.393 e. The highest BCUT2D eigenvalue weighted by Crippen LogP contribution is 2.31. The van der Waals surface area contributed by atoms with Crippen LogP contribution in [0.25, 0.3) is 0 Å². The molecule has 6 heteroatoms. The normalized spacial score (nSPS) is 14.7. The van der Waals surface area contributed by atoms with E-state index in [1.807, 2.05) is 30.3 Å². The van der Waals surface area contributed by atoms with Gasteiger partial charge in [0.2, 0.25) is 5.91 Å².